The van der Waals surface area contributed by atoms with Crippen molar-refractivity contribution in [3.05, 3.63) is 35.4 Å². The van der Waals surface area contributed by atoms with Crippen LogP contribution in [0.2, 0.25) is 0 Å². The summed E-state index contributed by atoms with van der Waals surface area (Å²) in [5.41, 5.74) is 7.67. The van der Waals surface area contributed by atoms with E-state index in [1.807, 2.05) is 31.2 Å². The minimum Gasteiger partial charge on any atom is -0.368 e. The Balaban J connectivity index is 2.26. The number of nitrogens with one attached hydrogen (secondary N) is 1. The summed E-state index contributed by atoms with van der Waals surface area (Å²) in [7, 11) is 1.81. The normalized spacial score (nSPS) is 19.3. The topological polar surface area (TPSA) is 75.4 Å². The van der Waals surface area contributed by atoms with E-state index in [1.54, 1.807) is 11.9 Å². The van der Waals surface area contributed by atoms with Crippen molar-refractivity contribution in [2.75, 3.05) is 13.6 Å². The standard InChI is InChI=1S/C15H21N3O2/c1-10(8-17-2)15(20)18-9-12-6-4-3-5-11(12)7-13(18)14(16)19/h3-6,10,13,17H,7-9H2,1-2H3,(H2,16,19)/t10?,13-/m0/s1. The number of hydrogen-bond donors (Lipinski definition) is 2. The van der Waals surface area contributed by atoms with Gasteiger partial charge < -0.3 is 16.0 Å². The van der Waals surface area contributed by atoms with Gasteiger partial charge in [-0.25, -0.2) is 0 Å². The summed E-state index contributed by atoms with van der Waals surface area (Å²) in [5, 5.41) is 2.99. The highest BCUT2D eigenvalue weighted by Crippen LogP contribution is 2.24. The quantitative estimate of drug-likeness (QED) is 0.829. The minimum absolute atomic E-state index is 0.0300. The summed E-state index contributed by atoms with van der Waals surface area (Å²) in [5.74, 6) is -0.644. The molecule has 1 aliphatic heterocycles. The molecule has 1 unspecified atom stereocenters. The van der Waals surface area contributed by atoms with E-state index in [1.165, 1.54) is 0 Å². The molecule has 2 atom stereocenters. The molecule has 0 bridgehead atoms. The van der Waals surface area contributed by atoms with Gasteiger partial charge in [0.2, 0.25) is 11.8 Å². The summed E-state index contributed by atoms with van der Waals surface area (Å²) < 4.78 is 0. The van der Waals surface area contributed by atoms with Gasteiger partial charge in [-0.2, -0.15) is 0 Å². The van der Waals surface area contributed by atoms with Crippen LogP contribution in [0.4, 0.5) is 0 Å². The highest BCUT2D eigenvalue weighted by atomic mass is 16.2. The van der Waals surface area contributed by atoms with Gasteiger partial charge in [-0.1, -0.05) is 31.2 Å². The monoisotopic (exact) mass is 275 g/mol. The Labute approximate surface area is 119 Å². The third-order valence-corrected chi connectivity index (χ3v) is 3.79. The van der Waals surface area contributed by atoms with Crippen molar-refractivity contribution in [3.63, 3.8) is 0 Å². The first kappa shape index (κ1) is 14.5. The minimum atomic E-state index is -0.545. The molecule has 108 valence electrons. The third kappa shape index (κ3) is 2.82. The molecule has 0 spiro atoms. The number of amides is 2. The SMILES string of the molecule is CNCC(C)C(=O)N1Cc2ccccc2C[C@H]1C(N)=O. The molecule has 2 rings (SSSR count). The second kappa shape index (κ2) is 6.05. The number of primary amides is 1. The molecule has 2 amide bonds. The predicted molar refractivity (Wildman–Crippen MR) is 76.8 cm³/mol. The van der Waals surface area contributed by atoms with Gasteiger partial charge >= 0.3 is 0 Å². The van der Waals surface area contributed by atoms with Crippen LogP contribution in [0.15, 0.2) is 24.3 Å². The van der Waals surface area contributed by atoms with Crippen LogP contribution < -0.4 is 11.1 Å². The predicted octanol–water partition coefficient (Wildman–Crippen LogP) is 0.281. The molecule has 0 aromatic heterocycles. The Morgan fingerprint density at radius 2 is 2.05 bits per heavy atom. The molecule has 1 aromatic carbocycles. The zero-order valence-corrected chi connectivity index (χ0v) is 11.9. The van der Waals surface area contributed by atoms with Crippen LogP contribution in [0.5, 0.6) is 0 Å². The molecule has 0 saturated carbocycles. The maximum absolute atomic E-state index is 12.5. The van der Waals surface area contributed by atoms with Crippen molar-refractivity contribution < 1.29 is 9.59 Å². The molecule has 1 aliphatic rings. The molecule has 1 heterocycles. The fourth-order valence-electron chi connectivity index (χ4n) is 2.69. The van der Waals surface area contributed by atoms with Gasteiger partial charge in [0.25, 0.3) is 0 Å². The van der Waals surface area contributed by atoms with Gasteiger partial charge in [-0.05, 0) is 18.2 Å². The lowest BCUT2D eigenvalue weighted by molar-refractivity contribution is -0.143. The van der Waals surface area contributed by atoms with E-state index in [4.69, 9.17) is 5.73 Å². The Hall–Kier alpha value is -1.88. The molecule has 3 N–H and O–H groups in total. The van der Waals surface area contributed by atoms with Gasteiger partial charge in [-0.15, -0.1) is 0 Å². The first-order valence-electron chi connectivity index (χ1n) is 6.85. The maximum atomic E-state index is 12.5. The highest BCUT2D eigenvalue weighted by Gasteiger charge is 2.34. The van der Waals surface area contributed by atoms with E-state index in [-0.39, 0.29) is 11.8 Å². The first-order valence-corrected chi connectivity index (χ1v) is 6.85. The lowest BCUT2D eigenvalue weighted by Gasteiger charge is -2.36. The lowest BCUT2D eigenvalue weighted by atomic mass is 9.92. The van der Waals surface area contributed by atoms with Crippen LogP contribution >= 0.6 is 0 Å². The number of nitrogens with zero attached hydrogens (tertiary/aromatic N) is 1. The zero-order chi connectivity index (χ0) is 14.7. The smallest absolute Gasteiger partial charge is 0.240 e. The van der Waals surface area contributed by atoms with Crippen LogP contribution in [0.3, 0.4) is 0 Å². The second-order valence-corrected chi connectivity index (χ2v) is 5.32. The van der Waals surface area contributed by atoms with E-state index in [0.717, 1.165) is 11.1 Å². The molecule has 0 saturated heterocycles. The number of benzene rings is 1. The molecule has 0 radical (unpaired) electrons. The Bertz CT molecular complexity index is 516. The van der Waals surface area contributed by atoms with Gasteiger partial charge in [0.15, 0.2) is 0 Å². The summed E-state index contributed by atoms with van der Waals surface area (Å²) in [4.78, 5) is 25.8. The Morgan fingerprint density at radius 3 is 2.65 bits per heavy atom. The lowest BCUT2D eigenvalue weighted by Crippen LogP contribution is -2.53. The largest absolute Gasteiger partial charge is 0.368 e. The van der Waals surface area contributed by atoms with Crippen molar-refractivity contribution >= 4 is 11.8 Å². The third-order valence-electron chi connectivity index (χ3n) is 3.79. The molecular formula is C15H21N3O2. The molecule has 0 fully saturated rings. The molecule has 1 aromatic rings. The van der Waals surface area contributed by atoms with Gasteiger partial charge in [-0.3, -0.25) is 9.59 Å². The van der Waals surface area contributed by atoms with Crippen LogP contribution in [0.1, 0.15) is 18.1 Å². The average molecular weight is 275 g/mol. The van der Waals surface area contributed by atoms with E-state index >= 15 is 0 Å². The van der Waals surface area contributed by atoms with E-state index < -0.39 is 11.9 Å². The molecular weight excluding hydrogens is 254 g/mol. The zero-order valence-electron chi connectivity index (χ0n) is 11.9. The molecule has 20 heavy (non-hydrogen) atoms. The van der Waals surface area contributed by atoms with Crippen molar-refractivity contribution in [2.24, 2.45) is 11.7 Å². The number of nitrogens with two attached hydrogens (primary N) is 1. The number of rotatable bonds is 4. The van der Waals surface area contributed by atoms with Crippen LogP contribution in [0.25, 0.3) is 0 Å². The number of carbonyl (C=O) groups excluding carboxylic acids is 2. The maximum Gasteiger partial charge on any atom is 0.240 e. The average Bonchev–Trinajstić information content (AvgIpc) is 2.45. The van der Waals surface area contributed by atoms with Gasteiger partial charge in [0.05, 0.1) is 0 Å². The van der Waals surface area contributed by atoms with Crippen molar-refractivity contribution in [1.29, 1.82) is 0 Å². The van der Waals surface area contributed by atoms with E-state index in [0.29, 0.717) is 19.5 Å². The fraction of sp³-hybridized carbons (Fsp3) is 0.467. The summed E-state index contributed by atoms with van der Waals surface area (Å²) in [6.07, 6.45) is 0.503. The molecule has 5 heteroatoms. The van der Waals surface area contributed by atoms with E-state index in [2.05, 4.69) is 5.32 Å². The highest BCUT2D eigenvalue weighted by molar-refractivity contribution is 5.88. The van der Waals surface area contributed by atoms with Crippen LogP contribution in [-0.4, -0.2) is 36.3 Å². The summed E-state index contributed by atoms with van der Waals surface area (Å²) >= 11 is 0. The fourth-order valence-corrected chi connectivity index (χ4v) is 2.69. The molecule has 0 aliphatic carbocycles. The molecule has 5 nitrogen and oxygen atoms in total. The van der Waals surface area contributed by atoms with Crippen molar-refractivity contribution in [1.82, 2.24) is 10.2 Å². The van der Waals surface area contributed by atoms with Crippen LogP contribution in [0, 0.1) is 5.92 Å². The van der Waals surface area contributed by atoms with Gasteiger partial charge in [0.1, 0.15) is 6.04 Å². The van der Waals surface area contributed by atoms with Gasteiger partial charge in [0, 0.05) is 25.4 Å². The van der Waals surface area contributed by atoms with Crippen molar-refractivity contribution in [3.8, 4) is 0 Å². The van der Waals surface area contributed by atoms with Crippen LogP contribution in [-0.2, 0) is 22.6 Å². The summed E-state index contributed by atoms with van der Waals surface area (Å²) in [6.45, 7) is 2.90. The first-order chi connectivity index (χ1) is 9.54. The Kier molecular flexibility index (Phi) is 4.39. The summed E-state index contributed by atoms with van der Waals surface area (Å²) in [6, 6.07) is 7.33. The second-order valence-electron chi connectivity index (χ2n) is 5.32. The number of carbonyl (C=O) groups is 2. The van der Waals surface area contributed by atoms with Crippen molar-refractivity contribution in [2.45, 2.75) is 25.9 Å². The number of fused-ring (bicyclic) bond motifs is 1. The number of hydrogen-bond acceptors (Lipinski definition) is 3. The van der Waals surface area contributed by atoms with E-state index in [9.17, 15) is 9.59 Å². The Morgan fingerprint density at radius 1 is 1.40 bits per heavy atom.